The molecule has 5 nitrogen and oxygen atoms in total. The predicted molar refractivity (Wildman–Crippen MR) is 64.8 cm³/mol. The average molecular weight is 256 g/mol. The number of hydrogen-bond acceptors (Lipinski definition) is 5. The number of aryl methyl sites for hydroxylation is 1. The lowest BCUT2D eigenvalue weighted by Gasteiger charge is -2.11. The lowest BCUT2D eigenvalue weighted by atomic mass is 10.3. The van der Waals surface area contributed by atoms with E-state index in [9.17, 15) is 9.59 Å². The molecular weight excluding hydrogens is 240 g/mol. The monoisotopic (exact) mass is 256 g/mol. The van der Waals surface area contributed by atoms with Crippen LogP contribution in [0, 0.1) is 6.92 Å². The standard InChI is InChI=1S/C11H16N2O3S/c1-4-16-11(15)7(2)12-10(14)5-9-6-17-8(3)13-9/h6-7H,4-5H2,1-3H3,(H,12,14). The smallest absolute Gasteiger partial charge is 0.328 e. The van der Waals surface area contributed by atoms with Gasteiger partial charge in [0.2, 0.25) is 5.91 Å². The van der Waals surface area contributed by atoms with Gasteiger partial charge in [-0.05, 0) is 20.8 Å². The van der Waals surface area contributed by atoms with E-state index in [4.69, 9.17) is 4.74 Å². The zero-order valence-electron chi connectivity index (χ0n) is 10.1. The Morgan fingerprint density at radius 3 is 2.82 bits per heavy atom. The van der Waals surface area contributed by atoms with Crippen LogP contribution in [0.15, 0.2) is 5.38 Å². The van der Waals surface area contributed by atoms with Gasteiger partial charge in [-0.3, -0.25) is 4.79 Å². The maximum absolute atomic E-state index is 11.6. The van der Waals surface area contributed by atoms with Gasteiger partial charge in [-0.2, -0.15) is 0 Å². The summed E-state index contributed by atoms with van der Waals surface area (Å²) in [5.41, 5.74) is 0.723. The zero-order chi connectivity index (χ0) is 12.8. The molecule has 0 radical (unpaired) electrons. The first-order valence-corrected chi connectivity index (χ1v) is 6.28. The van der Waals surface area contributed by atoms with E-state index in [0.717, 1.165) is 10.7 Å². The van der Waals surface area contributed by atoms with Crippen LogP contribution in [0.1, 0.15) is 24.5 Å². The van der Waals surface area contributed by atoms with Crippen molar-refractivity contribution in [1.82, 2.24) is 10.3 Å². The van der Waals surface area contributed by atoms with Crippen LogP contribution in [0.5, 0.6) is 0 Å². The Labute approximate surface area is 104 Å². The van der Waals surface area contributed by atoms with Crippen molar-refractivity contribution in [3.63, 3.8) is 0 Å². The van der Waals surface area contributed by atoms with E-state index >= 15 is 0 Å². The van der Waals surface area contributed by atoms with Gasteiger partial charge in [0.1, 0.15) is 6.04 Å². The highest BCUT2D eigenvalue weighted by molar-refractivity contribution is 7.09. The summed E-state index contributed by atoms with van der Waals surface area (Å²) < 4.78 is 4.79. The first-order chi connectivity index (χ1) is 8.02. The molecule has 1 heterocycles. The molecule has 1 rings (SSSR count). The highest BCUT2D eigenvalue weighted by atomic mass is 32.1. The van der Waals surface area contributed by atoms with Gasteiger partial charge in [0.25, 0.3) is 0 Å². The second-order valence-corrected chi connectivity index (χ2v) is 4.64. The quantitative estimate of drug-likeness (QED) is 0.800. The fraction of sp³-hybridized carbons (Fsp3) is 0.545. The second kappa shape index (κ2) is 6.34. The van der Waals surface area contributed by atoms with Crippen LogP contribution >= 0.6 is 11.3 Å². The number of ether oxygens (including phenoxy) is 1. The van der Waals surface area contributed by atoms with E-state index in [0.29, 0.717) is 6.61 Å². The van der Waals surface area contributed by atoms with Crippen molar-refractivity contribution in [3.8, 4) is 0 Å². The zero-order valence-corrected chi connectivity index (χ0v) is 11.0. The van der Waals surface area contributed by atoms with Gasteiger partial charge in [0.05, 0.1) is 23.7 Å². The van der Waals surface area contributed by atoms with Gasteiger partial charge >= 0.3 is 5.97 Å². The SMILES string of the molecule is CCOC(=O)C(C)NC(=O)Cc1csc(C)n1. The van der Waals surface area contributed by atoms with E-state index in [1.807, 2.05) is 12.3 Å². The fourth-order valence-corrected chi connectivity index (χ4v) is 1.89. The molecule has 0 saturated heterocycles. The van der Waals surface area contributed by atoms with Gasteiger partial charge in [0.15, 0.2) is 0 Å². The molecule has 1 unspecified atom stereocenters. The Morgan fingerprint density at radius 1 is 1.59 bits per heavy atom. The summed E-state index contributed by atoms with van der Waals surface area (Å²) in [5.74, 6) is -0.647. The summed E-state index contributed by atoms with van der Waals surface area (Å²) in [6, 6.07) is -0.623. The van der Waals surface area contributed by atoms with Crippen molar-refractivity contribution in [3.05, 3.63) is 16.1 Å². The number of amides is 1. The largest absolute Gasteiger partial charge is 0.464 e. The van der Waals surface area contributed by atoms with Crippen molar-refractivity contribution in [2.24, 2.45) is 0 Å². The third-order valence-corrected chi connectivity index (χ3v) is 2.85. The molecule has 1 amide bonds. The van der Waals surface area contributed by atoms with Gasteiger partial charge in [0, 0.05) is 5.38 Å². The topological polar surface area (TPSA) is 68.3 Å². The van der Waals surface area contributed by atoms with Crippen molar-refractivity contribution in [2.45, 2.75) is 33.2 Å². The number of aromatic nitrogens is 1. The Balaban J connectivity index is 2.41. The molecular formula is C11H16N2O3S. The number of rotatable bonds is 5. The molecule has 0 bridgehead atoms. The molecule has 1 atom stereocenters. The molecule has 1 aromatic rings. The van der Waals surface area contributed by atoms with E-state index < -0.39 is 12.0 Å². The number of esters is 1. The molecule has 17 heavy (non-hydrogen) atoms. The van der Waals surface area contributed by atoms with Crippen molar-refractivity contribution >= 4 is 23.2 Å². The predicted octanol–water partition coefficient (Wildman–Crippen LogP) is 1.06. The second-order valence-electron chi connectivity index (χ2n) is 3.58. The number of nitrogens with one attached hydrogen (secondary N) is 1. The third-order valence-electron chi connectivity index (χ3n) is 2.03. The summed E-state index contributed by atoms with van der Waals surface area (Å²) >= 11 is 1.50. The minimum atomic E-state index is -0.623. The molecule has 0 saturated carbocycles. The van der Waals surface area contributed by atoms with Gasteiger partial charge in [-0.1, -0.05) is 0 Å². The molecule has 6 heteroatoms. The number of thiazole rings is 1. The Hall–Kier alpha value is -1.43. The highest BCUT2D eigenvalue weighted by Gasteiger charge is 2.17. The van der Waals surface area contributed by atoms with Crippen molar-refractivity contribution < 1.29 is 14.3 Å². The summed E-state index contributed by atoms with van der Waals surface area (Å²) in [6.45, 7) is 5.52. The average Bonchev–Trinajstić information content (AvgIpc) is 2.64. The first-order valence-electron chi connectivity index (χ1n) is 5.40. The summed E-state index contributed by atoms with van der Waals surface area (Å²) in [7, 11) is 0. The van der Waals surface area contributed by atoms with E-state index in [1.54, 1.807) is 13.8 Å². The summed E-state index contributed by atoms with van der Waals surface area (Å²) in [4.78, 5) is 27.1. The van der Waals surface area contributed by atoms with E-state index in [2.05, 4.69) is 10.3 Å². The van der Waals surface area contributed by atoms with Crippen LogP contribution in [0.4, 0.5) is 0 Å². The van der Waals surface area contributed by atoms with Crippen molar-refractivity contribution in [2.75, 3.05) is 6.61 Å². The van der Waals surface area contributed by atoms with E-state index in [1.165, 1.54) is 11.3 Å². The maximum Gasteiger partial charge on any atom is 0.328 e. The maximum atomic E-state index is 11.6. The Bertz CT molecular complexity index is 403. The highest BCUT2D eigenvalue weighted by Crippen LogP contribution is 2.08. The van der Waals surface area contributed by atoms with Gasteiger partial charge < -0.3 is 10.1 Å². The first kappa shape index (κ1) is 13.6. The van der Waals surface area contributed by atoms with Crippen LogP contribution in [0.25, 0.3) is 0 Å². The molecule has 0 spiro atoms. The van der Waals surface area contributed by atoms with Crippen LogP contribution < -0.4 is 5.32 Å². The molecule has 0 aliphatic rings. The minimum absolute atomic E-state index is 0.189. The number of carbonyl (C=O) groups excluding carboxylic acids is 2. The van der Waals surface area contributed by atoms with Crippen molar-refractivity contribution in [1.29, 1.82) is 0 Å². The normalized spacial score (nSPS) is 11.9. The molecule has 0 aliphatic carbocycles. The number of nitrogens with zero attached hydrogens (tertiary/aromatic N) is 1. The van der Waals surface area contributed by atoms with Crippen LogP contribution in [0.2, 0.25) is 0 Å². The molecule has 0 fully saturated rings. The Kier molecular flexibility index (Phi) is 5.09. The molecule has 94 valence electrons. The van der Waals surface area contributed by atoms with Crippen LogP contribution in [-0.4, -0.2) is 29.5 Å². The van der Waals surface area contributed by atoms with E-state index in [-0.39, 0.29) is 12.3 Å². The molecule has 0 aromatic carbocycles. The lowest BCUT2D eigenvalue weighted by Crippen LogP contribution is -2.40. The summed E-state index contributed by atoms with van der Waals surface area (Å²) in [5, 5.41) is 5.33. The lowest BCUT2D eigenvalue weighted by molar-refractivity contribution is -0.146. The number of carbonyl (C=O) groups is 2. The number of hydrogen-bond donors (Lipinski definition) is 1. The molecule has 0 aliphatic heterocycles. The fourth-order valence-electron chi connectivity index (χ4n) is 1.27. The summed E-state index contributed by atoms with van der Waals surface area (Å²) in [6.07, 6.45) is 0.189. The third kappa shape index (κ3) is 4.52. The molecule has 1 N–H and O–H groups in total. The van der Waals surface area contributed by atoms with Crippen LogP contribution in [0.3, 0.4) is 0 Å². The van der Waals surface area contributed by atoms with Crippen LogP contribution in [-0.2, 0) is 20.7 Å². The van der Waals surface area contributed by atoms with Gasteiger partial charge in [-0.25, -0.2) is 9.78 Å². The Morgan fingerprint density at radius 2 is 2.29 bits per heavy atom. The minimum Gasteiger partial charge on any atom is -0.464 e. The van der Waals surface area contributed by atoms with Gasteiger partial charge in [-0.15, -0.1) is 11.3 Å². The molecule has 1 aromatic heterocycles.